The molecule has 2 aromatic carbocycles. The predicted molar refractivity (Wildman–Crippen MR) is 66.0 cm³/mol. The van der Waals surface area contributed by atoms with Gasteiger partial charge in [-0.25, -0.2) is 4.39 Å². The van der Waals surface area contributed by atoms with Crippen LogP contribution in [0.5, 0.6) is 0 Å². The van der Waals surface area contributed by atoms with Crippen molar-refractivity contribution in [3.05, 3.63) is 53.3 Å². The number of hydrogen-bond acceptors (Lipinski definition) is 1. The molecular weight excluding hydrogens is 258 g/mol. The van der Waals surface area contributed by atoms with E-state index in [-0.39, 0.29) is 0 Å². The van der Waals surface area contributed by atoms with Gasteiger partial charge in [-0.2, -0.15) is 13.2 Å². The van der Waals surface area contributed by atoms with E-state index in [4.69, 9.17) is 5.73 Å². The van der Waals surface area contributed by atoms with E-state index in [0.717, 1.165) is 17.7 Å². The fourth-order valence-corrected chi connectivity index (χ4v) is 1.78. The van der Waals surface area contributed by atoms with Crippen molar-refractivity contribution in [3.63, 3.8) is 0 Å². The lowest BCUT2D eigenvalue weighted by Gasteiger charge is -2.11. The smallest absolute Gasteiger partial charge is 0.399 e. The van der Waals surface area contributed by atoms with Crippen LogP contribution in [0.2, 0.25) is 0 Å². The molecule has 0 aliphatic rings. The summed E-state index contributed by atoms with van der Waals surface area (Å²) < 4.78 is 51.1. The standard InChI is InChI=1S/C14H11F4N/c1-8-6-9(3-5-13(8)19)10-2-4-12(15)11(7-10)14(16,17)18/h2-7H,19H2,1H3. The second-order valence-corrected chi connectivity index (χ2v) is 4.26. The Hall–Kier alpha value is -2.04. The molecule has 1 nitrogen and oxygen atoms in total. The summed E-state index contributed by atoms with van der Waals surface area (Å²) in [5.74, 6) is -1.27. The average molecular weight is 269 g/mol. The van der Waals surface area contributed by atoms with Crippen LogP contribution in [0.25, 0.3) is 11.1 Å². The van der Waals surface area contributed by atoms with Crippen molar-refractivity contribution in [2.45, 2.75) is 13.1 Å². The zero-order valence-electron chi connectivity index (χ0n) is 10.1. The van der Waals surface area contributed by atoms with E-state index in [1.807, 2.05) is 0 Å². The lowest BCUT2D eigenvalue weighted by atomic mass is 10.00. The van der Waals surface area contributed by atoms with Crippen LogP contribution >= 0.6 is 0 Å². The molecule has 2 rings (SSSR count). The van der Waals surface area contributed by atoms with Crippen molar-refractivity contribution >= 4 is 5.69 Å². The van der Waals surface area contributed by atoms with Crippen LogP contribution in [0.1, 0.15) is 11.1 Å². The van der Waals surface area contributed by atoms with Gasteiger partial charge in [-0.15, -0.1) is 0 Å². The highest BCUT2D eigenvalue weighted by Gasteiger charge is 2.34. The topological polar surface area (TPSA) is 26.0 Å². The van der Waals surface area contributed by atoms with E-state index in [1.165, 1.54) is 6.07 Å². The van der Waals surface area contributed by atoms with Gasteiger partial charge in [0.25, 0.3) is 0 Å². The second-order valence-electron chi connectivity index (χ2n) is 4.26. The van der Waals surface area contributed by atoms with Gasteiger partial charge in [0.15, 0.2) is 0 Å². The Morgan fingerprint density at radius 3 is 2.11 bits per heavy atom. The number of anilines is 1. The number of benzene rings is 2. The normalized spacial score (nSPS) is 11.6. The van der Waals surface area contributed by atoms with Crippen LogP contribution in [0.4, 0.5) is 23.2 Å². The van der Waals surface area contributed by atoms with Gasteiger partial charge < -0.3 is 5.73 Å². The summed E-state index contributed by atoms with van der Waals surface area (Å²) in [7, 11) is 0. The average Bonchev–Trinajstić information content (AvgIpc) is 2.32. The summed E-state index contributed by atoms with van der Waals surface area (Å²) >= 11 is 0. The molecule has 0 atom stereocenters. The molecule has 0 aromatic heterocycles. The van der Waals surface area contributed by atoms with Gasteiger partial charge in [-0.1, -0.05) is 12.1 Å². The molecule has 0 bridgehead atoms. The van der Waals surface area contributed by atoms with Crippen molar-refractivity contribution in [3.8, 4) is 11.1 Å². The first-order valence-corrected chi connectivity index (χ1v) is 5.52. The number of halogens is 4. The highest BCUT2D eigenvalue weighted by atomic mass is 19.4. The molecule has 0 saturated carbocycles. The predicted octanol–water partition coefficient (Wildman–Crippen LogP) is 4.40. The van der Waals surface area contributed by atoms with Gasteiger partial charge in [0.2, 0.25) is 0 Å². The zero-order valence-corrected chi connectivity index (χ0v) is 10.1. The Bertz CT molecular complexity index is 617. The van der Waals surface area contributed by atoms with Crippen LogP contribution < -0.4 is 5.73 Å². The lowest BCUT2D eigenvalue weighted by molar-refractivity contribution is -0.139. The van der Waals surface area contributed by atoms with Gasteiger partial charge in [-0.3, -0.25) is 0 Å². The van der Waals surface area contributed by atoms with Crippen LogP contribution in [-0.4, -0.2) is 0 Å². The minimum absolute atomic E-state index is 0.303. The Balaban J connectivity index is 2.54. The second kappa shape index (κ2) is 4.57. The van der Waals surface area contributed by atoms with Crippen molar-refractivity contribution in [2.24, 2.45) is 0 Å². The molecule has 0 heterocycles. The van der Waals surface area contributed by atoms with Gasteiger partial charge in [0.05, 0.1) is 5.56 Å². The molecule has 0 fully saturated rings. The molecule has 2 N–H and O–H groups in total. The highest BCUT2D eigenvalue weighted by Crippen LogP contribution is 2.34. The van der Waals surface area contributed by atoms with E-state index in [0.29, 0.717) is 16.8 Å². The molecule has 19 heavy (non-hydrogen) atoms. The quantitative estimate of drug-likeness (QED) is 0.602. The van der Waals surface area contributed by atoms with Crippen molar-refractivity contribution in [2.75, 3.05) is 5.73 Å². The fraction of sp³-hybridized carbons (Fsp3) is 0.143. The first-order valence-electron chi connectivity index (χ1n) is 5.52. The molecule has 2 aromatic rings. The third-order valence-electron chi connectivity index (χ3n) is 2.87. The summed E-state index contributed by atoms with van der Waals surface area (Å²) in [6.45, 7) is 1.76. The molecule has 0 spiro atoms. The third-order valence-corrected chi connectivity index (χ3v) is 2.87. The molecule has 0 saturated heterocycles. The first-order chi connectivity index (χ1) is 8.79. The van der Waals surface area contributed by atoms with Gasteiger partial charge in [0, 0.05) is 5.69 Å². The maximum Gasteiger partial charge on any atom is 0.419 e. The number of hydrogen-bond donors (Lipinski definition) is 1. The Kier molecular flexibility index (Phi) is 3.22. The van der Waals surface area contributed by atoms with Crippen LogP contribution in [0.3, 0.4) is 0 Å². The van der Waals surface area contributed by atoms with Crippen LogP contribution in [0.15, 0.2) is 36.4 Å². The van der Waals surface area contributed by atoms with Crippen LogP contribution in [-0.2, 0) is 6.18 Å². The SMILES string of the molecule is Cc1cc(-c2ccc(F)c(C(F)(F)F)c2)ccc1N. The molecule has 0 aliphatic heterocycles. The summed E-state index contributed by atoms with van der Waals surface area (Å²) in [5, 5.41) is 0. The van der Waals surface area contributed by atoms with Gasteiger partial charge in [0.1, 0.15) is 5.82 Å². The number of aryl methyl sites for hydroxylation is 1. The Morgan fingerprint density at radius 1 is 0.947 bits per heavy atom. The van der Waals surface area contributed by atoms with Gasteiger partial charge >= 0.3 is 6.18 Å². The molecular formula is C14H11F4N. The number of rotatable bonds is 1. The molecule has 0 radical (unpaired) electrons. The monoisotopic (exact) mass is 269 g/mol. The maximum absolute atomic E-state index is 13.2. The minimum atomic E-state index is -4.71. The summed E-state index contributed by atoms with van der Waals surface area (Å²) in [6.07, 6.45) is -4.71. The molecule has 0 amide bonds. The maximum atomic E-state index is 13.2. The third kappa shape index (κ3) is 2.70. The van der Waals surface area contributed by atoms with E-state index >= 15 is 0 Å². The van der Waals surface area contributed by atoms with Crippen molar-refractivity contribution < 1.29 is 17.6 Å². The van der Waals surface area contributed by atoms with Crippen molar-refractivity contribution in [1.82, 2.24) is 0 Å². The zero-order chi connectivity index (χ0) is 14.2. The van der Waals surface area contributed by atoms with Crippen molar-refractivity contribution in [1.29, 1.82) is 0 Å². The summed E-state index contributed by atoms with van der Waals surface area (Å²) in [5.41, 5.74) is 6.57. The number of nitrogens with two attached hydrogens (primary N) is 1. The lowest BCUT2D eigenvalue weighted by Crippen LogP contribution is -2.08. The fourth-order valence-electron chi connectivity index (χ4n) is 1.78. The number of alkyl halides is 3. The largest absolute Gasteiger partial charge is 0.419 e. The highest BCUT2D eigenvalue weighted by molar-refractivity contribution is 5.68. The van der Waals surface area contributed by atoms with Crippen LogP contribution in [0, 0.1) is 12.7 Å². The van der Waals surface area contributed by atoms with Gasteiger partial charge in [-0.05, 0) is 47.9 Å². The molecule has 0 aliphatic carbocycles. The molecule has 5 heteroatoms. The van der Waals surface area contributed by atoms with E-state index < -0.39 is 17.6 Å². The van der Waals surface area contributed by atoms with E-state index in [2.05, 4.69) is 0 Å². The summed E-state index contributed by atoms with van der Waals surface area (Å²) in [6, 6.07) is 7.83. The van der Waals surface area contributed by atoms with E-state index in [1.54, 1.807) is 25.1 Å². The minimum Gasteiger partial charge on any atom is -0.399 e. The Morgan fingerprint density at radius 2 is 1.53 bits per heavy atom. The summed E-state index contributed by atoms with van der Waals surface area (Å²) in [4.78, 5) is 0. The molecule has 0 unspecified atom stereocenters. The molecule has 100 valence electrons. The number of nitrogen functional groups attached to an aromatic ring is 1. The Labute approximate surface area is 107 Å². The first kappa shape index (κ1) is 13.4. The van der Waals surface area contributed by atoms with E-state index in [9.17, 15) is 17.6 Å².